The molecule has 0 aliphatic carbocycles. The van der Waals surface area contributed by atoms with Gasteiger partial charge in [0.15, 0.2) is 5.82 Å². The number of nitrogens with one attached hydrogen (secondary N) is 2. The van der Waals surface area contributed by atoms with Gasteiger partial charge < -0.3 is 10.7 Å². The molecule has 0 fully saturated rings. The van der Waals surface area contributed by atoms with E-state index in [0.29, 0.717) is 16.4 Å². The Kier molecular flexibility index (Phi) is 4.59. The van der Waals surface area contributed by atoms with Gasteiger partial charge in [0.25, 0.3) is 5.91 Å². The fourth-order valence-corrected chi connectivity index (χ4v) is 2.81. The summed E-state index contributed by atoms with van der Waals surface area (Å²) < 4.78 is 0. The third-order valence-electron chi connectivity index (χ3n) is 2.78. The molecule has 2 rings (SSSR count). The van der Waals surface area contributed by atoms with Gasteiger partial charge in [0.05, 0.1) is 16.6 Å². The van der Waals surface area contributed by atoms with Crippen molar-refractivity contribution in [1.29, 1.82) is 0 Å². The Hall–Kier alpha value is -1.63. The number of nitrogens with two attached hydrogens (primary N) is 1. The minimum atomic E-state index is -0.221. The van der Waals surface area contributed by atoms with Crippen molar-refractivity contribution < 1.29 is 4.79 Å². The summed E-state index contributed by atoms with van der Waals surface area (Å²) in [5.74, 6) is 5.36. The molecule has 2 aromatic rings. The first kappa shape index (κ1) is 14.8. The van der Waals surface area contributed by atoms with Crippen LogP contribution in [-0.2, 0) is 0 Å². The number of anilines is 1. The number of hydrogen-bond acceptors (Lipinski definition) is 5. The number of aryl methyl sites for hydroxylation is 1. The third kappa shape index (κ3) is 3.27. The highest BCUT2D eigenvalue weighted by atomic mass is 35.5. The smallest absolute Gasteiger partial charge is 0.253 e. The molecule has 0 bridgehead atoms. The predicted molar refractivity (Wildman–Crippen MR) is 82.0 cm³/mol. The fourth-order valence-electron chi connectivity index (χ4n) is 1.71. The van der Waals surface area contributed by atoms with E-state index in [1.54, 1.807) is 11.3 Å². The number of carbonyl (C=O) groups is 1. The highest BCUT2D eigenvalue weighted by Gasteiger charge is 2.14. The van der Waals surface area contributed by atoms with Gasteiger partial charge in [0, 0.05) is 16.0 Å². The Bertz CT molecular complexity index is 629. The summed E-state index contributed by atoms with van der Waals surface area (Å²) in [5, 5.41) is 3.22. The van der Waals surface area contributed by atoms with Crippen LogP contribution in [0.2, 0.25) is 5.02 Å². The van der Waals surface area contributed by atoms with E-state index in [1.165, 1.54) is 17.1 Å². The maximum Gasteiger partial charge on any atom is 0.253 e. The average Bonchev–Trinajstić information content (AvgIpc) is 2.85. The largest absolute Gasteiger partial charge is 0.345 e. The van der Waals surface area contributed by atoms with Crippen molar-refractivity contribution in [2.24, 2.45) is 5.84 Å². The van der Waals surface area contributed by atoms with Gasteiger partial charge in [-0.25, -0.2) is 10.8 Å². The number of halogens is 1. The Balaban J connectivity index is 2.10. The molecule has 0 aliphatic heterocycles. The second-order valence-electron chi connectivity index (χ2n) is 4.34. The normalized spacial score (nSPS) is 12.0. The predicted octanol–water partition coefficient (Wildman–Crippen LogP) is 2.88. The molecule has 0 aromatic carbocycles. The number of nitrogen functional groups attached to an aromatic ring is 1. The zero-order valence-electron chi connectivity index (χ0n) is 11.1. The third-order valence-corrected chi connectivity index (χ3v) is 4.25. The maximum atomic E-state index is 12.1. The number of hydrogen-bond donors (Lipinski definition) is 3. The summed E-state index contributed by atoms with van der Waals surface area (Å²) in [5.41, 5.74) is 2.76. The first-order valence-electron chi connectivity index (χ1n) is 6.00. The molecule has 0 saturated carbocycles. The average molecular weight is 311 g/mol. The van der Waals surface area contributed by atoms with E-state index in [9.17, 15) is 4.79 Å². The lowest BCUT2D eigenvalue weighted by Crippen LogP contribution is -2.26. The first-order chi connectivity index (χ1) is 9.51. The topological polar surface area (TPSA) is 80.0 Å². The van der Waals surface area contributed by atoms with Crippen molar-refractivity contribution >= 4 is 34.7 Å². The monoisotopic (exact) mass is 310 g/mol. The number of aromatic nitrogens is 1. The summed E-state index contributed by atoms with van der Waals surface area (Å²) in [4.78, 5) is 18.4. The number of hydrazine groups is 1. The van der Waals surface area contributed by atoms with Crippen LogP contribution in [0.1, 0.15) is 33.1 Å². The first-order valence-corrected chi connectivity index (χ1v) is 7.20. The van der Waals surface area contributed by atoms with E-state index in [2.05, 4.69) is 15.7 Å². The fraction of sp³-hybridized carbons (Fsp3) is 0.231. The second-order valence-corrected chi connectivity index (χ2v) is 6.07. The molecular formula is C13H15ClN4OS. The van der Waals surface area contributed by atoms with Crippen LogP contribution in [0.3, 0.4) is 0 Å². The molecule has 1 unspecified atom stereocenters. The van der Waals surface area contributed by atoms with Crippen molar-refractivity contribution in [1.82, 2.24) is 10.3 Å². The van der Waals surface area contributed by atoms with Gasteiger partial charge in [0.1, 0.15) is 0 Å². The van der Waals surface area contributed by atoms with Gasteiger partial charge in [-0.05, 0) is 32.0 Å². The van der Waals surface area contributed by atoms with Crippen molar-refractivity contribution in [3.05, 3.63) is 44.7 Å². The highest BCUT2D eigenvalue weighted by molar-refractivity contribution is 7.12. The maximum absolute atomic E-state index is 12.1. The number of nitrogens with zero attached hydrogens (tertiary/aromatic N) is 1. The lowest BCUT2D eigenvalue weighted by molar-refractivity contribution is 0.0940. The van der Waals surface area contributed by atoms with E-state index in [4.69, 9.17) is 17.4 Å². The number of rotatable bonds is 4. The van der Waals surface area contributed by atoms with Gasteiger partial charge >= 0.3 is 0 Å². The van der Waals surface area contributed by atoms with Crippen LogP contribution in [0.5, 0.6) is 0 Å². The molecule has 106 valence electrons. The second kappa shape index (κ2) is 6.21. The van der Waals surface area contributed by atoms with Crippen LogP contribution in [0, 0.1) is 6.92 Å². The molecule has 0 radical (unpaired) electrons. The number of pyridine rings is 1. The molecular weight excluding hydrogens is 296 g/mol. The van der Waals surface area contributed by atoms with Gasteiger partial charge in [-0.2, -0.15) is 0 Å². The van der Waals surface area contributed by atoms with Crippen LogP contribution in [0.25, 0.3) is 0 Å². The molecule has 1 atom stereocenters. The van der Waals surface area contributed by atoms with Crippen molar-refractivity contribution in [2.75, 3.05) is 5.43 Å². The Morgan fingerprint density at radius 3 is 2.80 bits per heavy atom. The van der Waals surface area contributed by atoms with Crippen LogP contribution in [0.15, 0.2) is 24.4 Å². The lowest BCUT2D eigenvalue weighted by Gasteiger charge is -2.12. The SMILES string of the molecule is Cc1ccc(C(C)NC(=O)c2cnc(NN)c(Cl)c2)s1. The van der Waals surface area contributed by atoms with E-state index in [-0.39, 0.29) is 11.9 Å². The van der Waals surface area contributed by atoms with Crippen LogP contribution >= 0.6 is 22.9 Å². The number of carbonyl (C=O) groups excluding carboxylic acids is 1. The van der Waals surface area contributed by atoms with E-state index in [1.807, 2.05) is 26.0 Å². The minimum absolute atomic E-state index is 0.0627. The van der Waals surface area contributed by atoms with E-state index in [0.717, 1.165) is 4.88 Å². The number of thiophene rings is 1. The lowest BCUT2D eigenvalue weighted by atomic mass is 10.2. The molecule has 0 aliphatic rings. The van der Waals surface area contributed by atoms with Crippen LogP contribution < -0.4 is 16.6 Å². The van der Waals surface area contributed by atoms with E-state index >= 15 is 0 Å². The molecule has 1 amide bonds. The number of amides is 1. The summed E-state index contributed by atoms with van der Waals surface area (Å²) in [6.45, 7) is 3.97. The molecule has 0 spiro atoms. The van der Waals surface area contributed by atoms with Gasteiger partial charge in [-0.15, -0.1) is 11.3 Å². The molecule has 7 heteroatoms. The van der Waals surface area contributed by atoms with Gasteiger partial charge in [0.2, 0.25) is 0 Å². The van der Waals surface area contributed by atoms with Crippen molar-refractivity contribution in [3.63, 3.8) is 0 Å². The van der Waals surface area contributed by atoms with Gasteiger partial charge in [-0.3, -0.25) is 4.79 Å². The van der Waals surface area contributed by atoms with Crippen molar-refractivity contribution in [3.8, 4) is 0 Å². The van der Waals surface area contributed by atoms with Gasteiger partial charge in [-0.1, -0.05) is 11.6 Å². The summed E-state index contributed by atoms with van der Waals surface area (Å²) in [6, 6.07) is 5.51. The molecule has 0 saturated heterocycles. The molecule has 5 nitrogen and oxygen atoms in total. The summed E-state index contributed by atoms with van der Waals surface area (Å²) in [6.07, 6.45) is 1.43. The summed E-state index contributed by atoms with van der Waals surface area (Å²) >= 11 is 7.61. The summed E-state index contributed by atoms with van der Waals surface area (Å²) in [7, 11) is 0. The van der Waals surface area contributed by atoms with Crippen LogP contribution in [-0.4, -0.2) is 10.9 Å². The Labute approximate surface area is 126 Å². The molecule has 2 aromatic heterocycles. The molecule has 2 heterocycles. The highest BCUT2D eigenvalue weighted by Crippen LogP contribution is 2.23. The molecule has 20 heavy (non-hydrogen) atoms. The Morgan fingerprint density at radius 1 is 1.50 bits per heavy atom. The van der Waals surface area contributed by atoms with E-state index < -0.39 is 0 Å². The quantitative estimate of drug-likeness (QED) is 0.599. The minimum Gasteiger partial charge on any atom is -0.345 e. The van der Waals surface area contributed by atoms with Crippen molar-refractivity contribution in [2.45, 2.75) is 19.9 Å². The Morgan fingerprint density at radius 2 is 2.25 bits per heavy atom. The zero-order valence-corrected chi connectivity index (χ0v) is 12.7. The zero-order chi connectivity index (χ0) is 14.7. The van der Waals surface area contributed by atoms with Crippen LogP contribution in [0.4, 0.5) is 5.82 Å². The molecule has 4 N–H and O–H groups in total. The standard InChI is InChI=1S/C13H15ClN4OS/c1-7-3-4-11(20-7)8(2)17-13(19)9-5-10(14)12(18-15)16-6-9/h3-6,8H,15H2,1-2H3,(H,16,18)(H,17,19).